The Morgan fingerprint density at radius 3 is 2.46 bits per heavy atom. The van der Waals surface area contributed by atoms with Crippen molar-refractivity contribution < 1.29 is 9.50 Å². The maximum absolute atomic E-state index is 13.1. The van der Waals surface area contributed by atoms with Crippen LogP contribution in [0.1, 0.15) is 24.0 Å². The Morgan fingerprint density at radius 1 is 0.962 bits per heavy atom. The van der Waals surface area contributed by atoms with Gasteiger partial charge in [-0.1, -0.05) is 42.5 Å². The van der Waals surface area contributed by atoms with E-state index in [9.17, 15) is 9.50 Å². The van der Waals surface area contributed by atoms with Gasteiger partial charge in [0.2, 0.25) is 0 Å². The lowest BCUT2D eigenvalue weighted by Crippen LogP contribution is -2.53. The first-order valence-corrected chi connectivity index (χ1v) is 9.60. The zero-order valence-electron chi connectivity index (χ0n) is 15.4. The van der Waals surface area contributed by atoms with Crippen molar-refractivity contribution >= 4 is 0 Å². The van der Waals surface area contributed by atoms with Crippen molar-refractivity contribution in [2.45, 2.75) is 31.8 Å². The van der Waals surface area contributed by atoms with Gasteiger partial charge in [-0.25, -0.2) is 4.39 Å². The number of benzene rings is 2. The normalized spacial score (nSPS) is 18.9. The molecule has 0 spiro atoms. The molecule has 0 bridgehead atoms. The van der Waals surface area contributed by atoms with Crippen LogP contribution in [0, 0.1) is 5.82 Å². The summed E-state index contributed by atoms with van der Waals surface area (Å²) in [4.78, 5) is 4.95. The molecule has 1 aliphatic heterocycles. The second-order valence-electron chi connectivity index (χ2n) is 7.15. The first-order chi connectivity index (χ1) is 12.7. The molecule has 3 nitrogen and oxygen atoms in total. The van der Waals surface area contributed by atoms with Gasteiger partial charge in [-0.2, -0.15) is 0 Å². The number of nitrogens with zero attached hydrogens (tertiary/aromatic N) is 2. The van der Waals surface area contributed by atoms with E-state index in [-0.39, 0.29) is 12.4 Å². The quantitative estimate of drug-likeness (QED) is 0.786. The second-order valence-corrected chi connectivity index (χ2v) is 7.15. The van der Waals surface area contributed by atoms with E-state index in [2.05, 4.69) is 40.1 Å². The van der Waals surface area contributed by atoms with E-state index < -0.39 is 0 Å². The summed E-state index contributed by atoms with van der Waals surface area (Å²) in [6.07, 6.45) is 3.06. The van der Waals surface area contributed by atoms with Crippen LogP contribution in [0.3, 0.4) is 0 Å². The molecule has 0 aromatic heterocycles. The predicted octanol–water partition coefficient (Wildman–Crippen LogP) is 3.33. The van der Waals surface area contributed by atoms with E-state index in [1.165, 1.54) is 17.7 Å². The Kier molecular flexibility index (Phi) is 7.18. The molecule has 0 radical (unpaired) electrons. The summed E-state index contributed by atoms with van der Waals surface area (Å²) < 4.78 is 13.1. The van der Waals surface area contributed by atoms with Gasteiger partial charge >= 0.3 is 0 Å². The fraction of sp³-hybridized carbons (Fsp3) is 0.455. The topological polar surface area (TPSA) is 26.7 Å². The van der Waals surface area contributed by atoms with Crippen LogP contribution in [-0.4, -0.2) is 53.7 Å². The molecular formula is C22H29FN2O. The summed E-state index contributed by atoms with van der Waals surface area (Å²) in [5.41, 5.74) is 2.53. The molecular weight excluding hydrogens is 327 g/mol. The van der Waals surface area contributed by atoms with Gasteiger partial charge < -0.3 is 10.0 Å². The molecule has 4 heteroatoms. The molecule has 1 saturated heterocycles. The number of halogens is 1. The van der Waals surface area contributed by atoms with E-state index in [1.54, 1.807) is 0 Å². The lowest BCUT2D eigenvalue weighted by Gasteiger charge is -2.41. The van der Waals surface area contributed by atoms with Crippen molar-refractivity contribution in [2.75, 3.05) is 32.8 Å². The highest BCUT2D eigenvalue weighted by Gasteiger charge is 2.26. The number of hydrogen-bond donors (Lipinski definition) is 1. The number of aliphatic hydroxyl groups is 1. The third-order valence-corrected chi connectivity index (χ3v) is 5.23. The fourth-order valence-electron chi connectivity index (χ4n) is 3.77. The monoisotopic (exact) mass is 356 g/mol. The Labute approximate surface area is 156 Å². The minimum absolute atomic E-state index is 0.191. The van der Waals surface area contributed by atoms with Crippen LogP contribution in [0.15, 0.2) is 54.6 Å². The van der Waals surface area contributed by atoms with Crippen LogP contribution >= 0.6 is 0 Å². The molecule has 2 aromatic rings. The van der Waals surface area contributed by atoms with E-state index >= 15 is 0 Å². The standard InChI is InChI=1S/C22H29FN2O/c23-21-10-8-20(9-11-21)17-25-15-14-24(18-22(25)12-16-26)13-4-7-19-5-2-1-3-6-19/h1-3,5-6,8-11,22,26H,4,7,12-18H2. The van der Waals surface area contributed by atoms with E-state index in [0.29, 0.717) is 6.04 Å². The molecule has 0 amide bonds. The Hall–Kier alpha value is -1.75. The predicted molar refractivity (Wildman–Crippen MR) is 104 cm³/mol. The summed E-state index contributed by atoms with van der Waals surface area (Å²) in [5.74, 6) is -0.191. The summed E-state index contributed by atoms with van der Waals surface area (Å²) >= 11 is 0. The fourth-order valence-corrected chi connectivity index (χ4v) is 3.77. The molecule has 1 aliphatic rings. The first kappa shape index (κ1) is 19.0. The van der Waals surface area contributed by atoms with Gasteiger partial charge in [0.25, 0.3) is 0 Å². The van der Waals surface area contributed by atoms with Gasteiger partial charge in [0.1, 0.15) is 5.82 Å². The van der Waals surface area contributed by atoms with Gasteiger partial charge in [0.05, 0.1) is 0 Å². The van der Waals surface area contributed by atoms with Gasteiger partial charge in [-0.15, -0.1) is 0 Å². The molecule has 140 valence electrons. The van der Waals surface area contributed by atoms with Crippen LogP contribution in [0.4, 0.5) is 4.39 Å². The van der Waals surface area contributed by atoms with Crippen molar-refractivity contribution in [3.05, 3.63) is 71.5 Å². The third-order valence-electron chi connectivity index (χ3n) is 5.23. The van der Waals surface area contributed by atoms with Crippen molar-refractivity contribution in [3.8, 4) is 0 Å². The van der Waals surface area contributed by atoms with Crippen molar-refractivity contribution in [1.82, 2.24) is 9.80 Å². The van der Waals surface area contributed by atoms with Crippen LogP contribution in [-0.2, 0) is 13.0 Å². The Bertz CT molecular complexity index is 647. The van der Waals surface area contributed by atoms with Crippen LogP contribution in [0.5, 0.6) is 0 Å². The highest BCUT2D eigenvalue weighted by molar-refractivity contribution is 5.16. The number of aryl methyl sites for hydroxylation is 1. The highest BCUT2D eigenvalue weighted by Crippen LogP contribution is 2.17. The average Bonchev–Trinajstić information content (AvgIpc) is 2.66. The number of rotatable bonds is 8. The van der Waals surface area contributed by atoms with E-state index in [4.69, 9.17) is 0 Å². The second kappa shape index (κ2) is 9.81. The molecule has 1 unspecified atom stereocenters. The summed E-state index contributed by atoms with van der Waals surface area (Å²) in [5, 5.41) is 9.45. The maximum Gasteiger partial charge on any atom is 0.123 e. The molecule has 1 fully saturated rings. The third kappa shape index (κ3) is 5.63. The van der Waals surface area contributed by atoms with Crippen molar-refractivity contribution in [3.63, 3.8) is 0 Å². The molecule has 0 saturated carbocycles. The van der Waals surface area contributed by atoms with E-state index in [1.807, 2.05) is 12.1 Å². The summed E-state index contributed by atoms with van der Waals surface area (Å²) in [6.45, 7) is 5.17. The Balaban J connectivity index is 1.49. The molecule has 26 heavy (non-hydrogen) atoms. The molecule has 1 heterocycles. The van der Waals surface area contributed by atoms with Crippen LogP contribution in [0.2, 0.25) is 0 Å². The summed E-state index contributed by atoms with van der Waals surface area (Å²) in [7, 11) is 0. The number of hydrogen-bond acceptors (Lipinski definition) is 3. The lowest BCUT2D eigenvalue weighted by atomic mass is 10.1. The number of piperazine rings is 1. The van der Waals surface area contributed by atoms with Gasteiger partial charge in [0.15, 0.2) is 0 Å². The maximum atomic E-state index is 13.1. The minimum atomic E-state index is -0.191. The molecule has 3 rings (SSSR count). The molecule has 2 aromatic carbocycles. The van der Waals surface area contributed by atoms with Crippen LogP contribution in [0.25, 0.3) is 0 Å². The van der Waals surface area contributed by atoms with Crippen molar-refractivity contribution in [1.29, 1.82) is 0 Å². The molecule has 1 N–H and O–H groups in total. The molecule has 0 aliphatic carbocycles. The van der Waals surface area contributed by atoms with Crippen molar-refractivity contribution in [2.24, 2.45) is 0 Å². The molecule has 1 atom stereocenters. The zero-order chi connectivity index (χ0) is 18.2. The van der Waals surface area contributed by atoms with Crippen LogP contribution < -0.4 is 0 Å². The lowest BCUT2D eigenvalue weighted by molar-refractivity contribution is 0.0533. The van der Waals surface area contributed by atoms with Gasteiger partial charge in [0, 0.05) is 38.8 Å². The largest absolute Gasteiger partial charge is 0.396 e. The smallest absolute Gasteiger partial charge is 0.123 e. The van der Waals surface area contributed by atoms with E-state index in [0.717, 1.165) is 57.5 Å². The minimum Gasteiger partial charge on any atom is -0.396 e. The average molecular weight is 356 g/mol. The summed E-state index contributed by atoms with van der Waals surface area (Å²) in [6, 6.07) is 17.8. The van der Waals surface area contributed by atoms with Gasteiger partial charge in [-0.3, -0.25) is 4.90 Å². The zero-order valence-corrected chi connectivity index (χ0v) is 15.4. The SMILES string of the molecule is OCCC1CN(CCCc2ccccc2)CCN1Cc1ccc(F)cc1. The first-order valence-electron chi connectivity index (χ1n) is 9.60. The number of aliphatic hydroxyl groups excluding tert-OH is 1. The van der Waals surface area contributed by atoms with Gasteiger partial charge in [-0.05, 0) is 49.1 Å². The highest BCUT2D eigenvalue weighted by atomic mass is 19.1. The Morgan fingerprint density at radius 2 is 1.73 bits per heavy atom.